The van der Waals surface area contributed by atoms with Gasteiger partial charge in [0, 0.05) is 30.6 Å². The van der Waals surface area contributed by atoms with Crippen molar-refractivity contribution < 1.29 is 0 Å². The minimum atomic E-state index is 0. The SMILES string of the molecule is CSCCNCc1cccnc1Cl.Cl. The van der Waals surface area contributed by atoms with Crippen molar-refractivity contribution in [2.75, 3.05) is 18.6 Å². The van der Waals surface area contributed by atoms with Gasteiger partial charge in [0.15, 0.2) is 0 Å². The highest BCUT2D eigenvalue weighted by atomic mass is 35.5. The van der Waals surface area contributed by atoms with Crippen LogP contribution in [0.2, 0.25) is 5.15 Å². The second-order valence-corrected chi connectivity index (χ2v) is 3.97. The Hall–Kier alpha value is 0.0400. The lowest BCUT2D eigenvalue weighted by atomic mass is 10.3. The number of nitrogens with one attached hydrogen (secondary N) is 1. The number of hydrogen-bond acceptors (Lipinski definition) is 3. The molecule has 14 heavy (non-hydrogen) atoms. The van der Waals surface area contributed by atoms with E-state index in [1.807, 2.05) is 23.9 Å². The maximum atomic E-state index is 5.88. The summed E-state index contributed by atoms with van der Waals surface area (Å²) in [4.78, 5) is 4.00. The summed E-state index contributed by atoms with van der Waals surface area (Å²) in [5.41, 5.74) is 1.06. The van der Waals surface area contributed by atoms with Gasteiger partial charge in [0.05, 0.1) is 0 Å². The number of thioether (sulfide) groups is 1. The van der Waals surface area contributed by atoms with E-state index in [4.69, 9.17) is 11.6 Å². The normalized spacial score (nSPS) is 9.57. The number of rotatable bonds is 5. The molecule has 0 saturated heterocycles. The van der Waals surface area contributed by atoms with Crippen LogP contribution in [0, 0.1) is 0 Å². The molecule has 0 radical (unpaired) electrons. The van der Waals surface area contributed by atoms with Gasteiger partial charge in [0.1, 0.15) is 5.15 Å². The molecule has 0 bridgehead atoms. The fourth-order valence-electron chi connectivity index (χ4n) is 0.948. The predicted octanol–water partition coefficient (Wildman–Crippen LogP) is 2.61. The van der Waals surface area contributed by atoms with Crippen LogP contribution in [-0.4, -0.2) is 23.5 Å². The summed E-state index contributed by atoms with van der Waals surface area (Å²) >= 11 is 7.71. The summed E-state index contributed by atoms with van der Waals surface area (Å²) in [5.74, 6) is 1.12. The van der Waals surface area contributed by atoms with Crippen molar-refractivity contribution in [1.29, 1.82) is 0 Å². The molecule has 0 fully saturated rings. The molecule has 0 amide bonds. The van der Waals surface area contributed by atoms with Crippen molar-refractivity contribution in [3.8, 4) is 0 Å². The van der Waals surface area contributed by atoms with Gasteiger partial charge in [-0.25, -0.2) is 4.98 Å². The summed E-state index contributed by atoms with van der Waals surface area (Å²) in [6, 6.07) is 3.89. The van der Waals surface area contributed by atoms with Crippen molar-refractivity contribution in [2.45, 2.75) is 6.54 Å². The van der Waals surface area contributed by atoms with E-state index in [9.17, 15) is 0 Å². The van der Waals surface area contributed by atoms with Crippen LogP contribution >= 0.6 is 35.8 Å². The Labute approximate surface area is 100 Å². The van der Waals surface area contributed by atoms with E-state index in [1.54, 1.807) is 6.20 Å². The zero-order valence-electron chi connectivity index (χ0n) is 8.00. The molecular formula is C9H14Cl2N2S. The molecule has 80 valence electrons. The highest BCUT2D eigenvalue weighted by molar-refractivity contribution is 7.98. The molecule has 0 aliphatic rings. The van der Waals surface area contributed by atoms with Crippen LogP contribution in [0.3, 0.4) is 0 Å². The number of pyridine rings is 1. The quantitative estimate of drug-likeness (QED) is 0.645. The molecule has 0 aliphatic heterocycles. The van der Waals surface area contributed by atoms with Gasteiger partial charge in [-0.2, -0.15) is 11.8 Å². The Morgan fingerprint density at radius 3 is 3.00 bits per heavy atom. The third-order valence-electron chi connectivity index (χ3n) is 1.63. The zero-order valence-corrected chi connectivity index (χ0v) is 10.4. The van der Waals surface area contributed by atoms with Crippen molar-refractivity contribution in [1.82, 2.24) is 10.3 Å². The molecule has 5 heteroatoms. The van der Waals surface area contributed by atoms with Gasteiger partial charge in [-0.05, 0) is 12.3 Å². The van der Waals surface area contributed by atoms with E-state index < -0.39 is 0 Å². The number of halogens is 2. The smallest absolute Gasteiger partial charge is 0.133 e. The summed E-state index contributed by atoms with van der Waals surface area (Å²) in [6.07, 6.45) is 3.80. The zero-order chi connectivity index (χ0) is 9.52. The van der Waals surface area contributed by atoms with E-state index in [0.29, 0.717) is 5.15 Å². The topological polar surface area (TPSA) is 24.9 Å². The molecule has 0 aliphatic carbocycles. The van der Waals surface area contributed by atoms with Crippen molar-refractivity contribution in [2.24, 2.45) is 0 Å². The average molecular weight is 253 g/mol. The highest BCUT2D eigenvalue weighted by Crippen LogP contribution is 2.10. The Morgan fingerprint density at radius 2 is 2.36 bits per heavy atom. The number of nitrogens with zero attached hydrogens (tertiary/aromatic N) is 1. The van der Waals surface area contributed by atoms with E-state index in [-0.39, 0.29) is 12.4 Å². The molecule has 0 aromatic carbocycles. The van der Waals surface area contributed by atoms with E-state index in [0.717, 1.165) is 24.4 Å². The number of aromatic nitrogens is 1. The van der Waals surface area contributed by atoms with Gasteiger partial charge in [-0.15, -0.1) is 12.4 Å². The van der Waals surface area contributed by atoms with Gasteiger partial charge in [0.2, 0.25) is 0 Å². The lowest BCUT2D eigenvalue weighted by molar-refractivity contribution is 0.730. The van der Waals surface area contributed by atoms with Crippen LogP contribution in [0.1, 0.15) is 5.56 Å². The van der Waals surface area contributed by atoms with Crippen LogP contribution in [-0.2, 0) is 6.54 Å². The Morgan fingerprint density at radius 1 is 1.57 bits per heavy atom. The van der Waals surface area contributed by atoms with Crippen LogP contribution in [0.25, 0.3) is 0 Å². The second kappa shape index (κ2) is 8.36. The minimum Gasteiger partial charge on any atom is -0.312 e. The Balaban J connectivity index is 0.00000169. The largest absolute Gasteiger partial charge is 0.312 e. The summed E-state index contributed by atoms with van der Waals surface area (Å²) in [6.45, 7) is 1.81. The third kappa shape index (κ3) is 5.05. The molecule has 2 nitrogen and oxygen atoms in total. The van der Waals surface area contributed by atoms with E-state index >= 15 is 0 Å². The summed E-state index contributed by atoms with van der Waals surface area (Å²) < 4.78 is 0. The van der Waals surface area contributed by atoms with Crippen LogP contribution in [0.4, 0.5) is 0 Å². The predicted molar refractivity (Wildman–Crippen MR) is 66.6 cm³/mol. The molecule has 0 atom stereocenters. The fraction of sp³-hybridized carbons (Fsp3) is 0.444. The third-order valence-corrected chi connectivity index (χ3v) is 2.59. The molecule has 0 saturated carbocycles. The fourth-order valence-corrected chi connectivity index (χ4v) is 1.48. The molecule has 1 aromatic heterocycles. The summed E-state index contributed by atoms with van der Waals surface area (Å²) in [5, 5.41) is 3.89. The first-order valence-corrected chi connectivity index (χ1v) is 5.91. The number of hydrogen-bond donors (Lipinski definition) is 1. The van der Waals surface area contributed by atoms with Crippen LogP contribution in [0.15, 0.2) is 18.3 Å². The first-order chi connectivity index (χ1) is 6.34. The Kier molecular flexibility index (Phi) is 8.38. The monoisotopic (exact) mass is 252 g/mol. The van der Waals surface area contributed by atoms with Gasteiger partial charge in [-0.1, -0.05) is 17.7 Å². The van der Waals surface area contributed by atoms with Crippen LogP contribution < -0.4 is 5.32 Å². The van der Waals surface area contributed by atoms with E-state index in [2.05, 4.69) is 16.6 Å². The van der Waals surface area contributed by atoms with E-state index in [1.165, 1.54) is 0 Å². The first-order valence-electron chi connectivity index (χ1n) is 4.13. The van der Waals surface area contributed by atoms with Crippen molar-refractivity contribution in [3.63, 3.8) is 0 Å². The molecule has 1 heterocycles. The maximum absolute atomic E-state index is 5.88. The molecule has 1 rings (SSSR count). The molecule has 1 aromatic rings. The molecule has 1 N–H and O–H groups in total. The molecule has 0 unspecified atom stereocenters. The molecule has 0 spiro atoms. The lowest BCUT2D eigenvalue weighted by Crippen LogP contribution is -2.16. The van der Waals surface area contributed by atoms with Crippen molar-refractivity contribution in [3.05, 3.63) is 29.0 Å². The average Bonchev–Trinajstić information content (AvgIpc) is 2.15. The van der Waals surface area contributed by atoms with Gasteiger partial charge >= 0.3 is 0 Å². The molecular weight excluding hydrogens is 239 g/mol. The summed E-state index contributed by atoms with van der Waals surface area (Å²) in [7, 11) is 0. The Bertz CT molecular complexity index is 258. The standard InChI is InChI=1S/C9H13ClN2S.ClH/c1-13-6-5-11-7-8-3-2-4-12-9(8)10;/h2-4,11H,5-7H2,1H3;1H. The van der Waals surface area contributed by atoms with Gasteiger partial charge in [0.25, 0.3) is 0 Å². The maximum Gasteiger partial charge on any atom is 0.133 e. The lowest BCUT2D eigenvalue weighted by Gasteiger charge is -2.04. The first kappa shape index (κ1) is 14.0. The highest BCUT2D eigenvalue weighted by Gasteiger charge is 1.98. The second-order valence-electron chi connectivity index (χ2n) is 2.62. The minimum absolute atomic E-state index is 0. The van der Waals surface area contributed by atoms with Gasteiger partial charge < -0.3 is 5.32 Å². The van der Waals surface area contributed by atoms with Gasteiger partial charge in [-0.3, -0.25) is 0 Å². The van der Waals surface area contributed by atoms with Crippen LogP contribution in [0.5, 0.6) is 0 Å². The van der Waals surface area contributed by atoms with Crippen molar-refractivity contribution >= 4 is 35.8 Å².